The van der Waals surface area contributed by atoms with E-state index in [1.165, 1.54) is 0 Å². The highest BCUT2D eigenvalue weighted by Crippen LogP contribution is 2.25. The maximum Gasteiger partial charge on any atom is 0.231 e. The zero-order valence-corrected chi connectivity index (χ0v) is 10.3. The molecule has 2 saturated heterocycles. The Morgan fingerprint density at radius 3 is 1.44 bits per heavy atom. The first kappa shape index (κ1) is 12.7. The summed E-state index contributed by atoms with van der Waals surface area (Å²) in [4.78, 5) is 49.1. The van der Waals surface area contributed by atoms with Crippen molar-refractivity contribution in [2.24, 2.45) is 0 Å². The van der Waals surface area contributed by atoms with E-state index in [2.05, 4.69) is 0 Å². The number of carbonyl (C=O) groups excluding carboxylic acids is 4. The van der Waals surface area contributed by atoms with Gasteiger partial charge in [-0.05, 0) is 6.42 Å². The summed E-state index contributed by atoms with van der Waals surface area (Å²) in [5.74, 6) is -1.14. The molecule has 0 N–H and O–H groups in total. The van der Waals surface area contributed by atoms with Gasteiger partial charge in [-0.2, -0.15) is 0 Å². The van der Waals surface area contributed by atoms with Crippen molar-refractivity contribution in [3.8, 4) is 0 Å². The number of imide groups is 2. The summed E-state index contributed by atoms with van der Waals surface area (Å²) in [5, 5.41) is 0. The molecule has 0 unspecified atom stereocenters. The third-order valence-electron chi connectivity index (χ3n) is 3.32. The molecule has 6 nitrogen and oxygen atoms in total. The van der Waals surface area contributed by atoms with Gasteiger partial charge < -0.3 is 0 Å². The third kappa shape index (κ3) is 2.02. The lowest BCUT2D eigenvalue weighted by Crippen LogP contribution is -2.52. The molecule has 6 heteroatoms. The average molecular weight is 252 g/mol. The number of hydrogen-bond acceptors (Lipinski definition) is 4. The Morgan fingerprint density at radius 1 is 0.833 bits per heavy atom. The number of hydrogen-bond donors (Lipinski definition) is 0. The normalized spacial score (nSPS) is 20.8. The zero-order chi connectivity index (χ0) is 13.3. The van der Waals surface area contributed by atoms with Crippen LogP contribution in [0.15, 0.2) is 0 Å². The van der Waals surface area contributed by atoms with Crippen molar-refractivity contribution in [1.29, 1.82) is 0 Å². The number of rotatable bonds is 4. The Hall–Kier alpha value is -1.72. The quantitative estimate of drug-likeness (QED) is 0.679. The highest BCUT2D eigenvalue weighted by atomic mass is 16.2. The molecule has 2 aliphatic rings. The highest BCUT2D eigenvalue weighted by Gasteiger charge is 2.43. The number of carbonyl (C=O) groups is 4. The predicted octanol–water partition coefficient (Wildman–Crippen LogP) is 0.411. The lowest BCUT2D eigenvalue weighted by molar-refractivity contribution is -0.154. The molecule has 4 amide bonds. The fourth-order valence-electron chi connectivity index (χ4n) is 2.48. The van der Waals surface area contributed by atoms with Crippen LogP contribution in [0.3, 0.4) is 0 Å². The van der Waals surface area contributed by atoms with Gasteiger partial charge >= 0.3 is 0 Å². The molecule has 0 aromatic heterocycles. The summed E-state index contributed by atoms with van der Waals surface area (Å²) in [6.07, 6.45) is 1.14. The second kappa shape index (κ2) is 4.88. The van der Waals surface area contributed by atoms with E-state index >= 15 is 0 Å². The van der Waals surface area contributed by atoms with Gasteiger partial charge in [0.05, 0.1) is 0 Å². The maximum absolute atomic E-state index is 11.7. The van der Waals surface area contributed by atoms with E-state index in [0.29, 0.717) is 12.8 Å². The minimum atomic E-state index is -0.708. The highest BCUT2D eigenvalue weighted by molar-refractivity contribution is 6.06. The molecule has 0 aromatic carbocycles. The summed E-state index contributed by atoms with van der Waals surface area (Å²) in [6, 6.07) is 0. The summed E-state index contributed by atoms with van der Waals surface area (Å²) in [7, 11) is 0. The first-order valence-electron chi connectivity index (χ1n) is 6.26. The van der Waals surface area contributed by atoms with Gasteiger partial charge in [-0.3, -0.25) is 29.0 Å². The van der Waals surface area contributed by atoms with Crippen molar-refractivity contribution in [2.75, 3.05) is 0 Å². The molecule has 2 heterocycles. The molecule has 2 fully saturated rings. The van der Waals surface area contributed by atoms with Crippen LogP contribution >= 0.6 is 0 Å². The van der Waals surface area contributed by atoms with Crippen LogP contribution in [-0.4, -0.2) is 39.6 Å². The van der Waals surface area contributed by atoms with Crippen LogP contribution in [0.25, 0.3) is 0 Å². The molecule has 0 radical (unpaired) electrons. The predicted molar refractivity (Wildman–Crippen MR) is 60.9 cm³/mol. The second-order valence-electron chi connectivity index (χ2n) is 4.58. The SMILES string of the molecule is CCCC(N1C(=O)CCC1=O)N1C(=O)CCC1=O. The van der Waals surface area contributed by atoms with Crippen molar-refractivity contribution in [3.63, 3.8) is 0 Å². The molecular weight excluding hydrogens is 236 g/mol. The molecule has 0 aromatic rings. The average Bonchev–Trinajstić information content (AvgIpc) is 2.82. The summed E-state index contributed by atoms with van der Waals surface area (Å²) < 4.78 is 0. The Bertz CT molecular complexity index is 350. The van der Waals surface area contributed by atoms with Crippen LogP contribution in [-0.2, 0) is 19.2 Å². The molecule has 98 valence electrons. The Balaban J connectivity index is 2.27. The molecule has 0 aliphatic carbocycles. The monoisotopic (exact) mass is 252 g/mol. The minimum Gasteiger partial charge on any atom is -0.274 e. The molecule has 2 rings (SSSR count). The lowest BCUT2D eigenvalue weighted by atomic mass is 10.2. The Kier molecular flexibility index (Phi) is 3.45. The molecule has 0 bridgehead atoms. The zero-order valence-electron chi connectivity index (χ0n) is 10.3. The summed E-state index contributed by atoms with van der Waals surface area (Å²) >= 11 is 0. The van der Waals surface area contributed by atoms with Crippen molar-refractivity contribution >= 4 is 23.6 Å². The van der Waals surface area contributed by atoms with E-state index < -0.39 is 6.17 Å². The minimum absolute atomic E-state index is 0.176. The van der Waals surface area contributed by atoms with Crippen molar-refractivity contribution in [2.45, 2.75) is 51.6 Å². The van der Waals surface area contributed by atoms with Gasteiger partial charge in [-0.25, -0.2) is 0 Å². The van der Waals surface area contributed by atoms with Gasteiger partial charge in [0.1, 0.15) is 6.17 Å². The number of likely N-dealkylation sites (tertiary alicyclic amines) is 2. The van der Waals surface area contributed by atoms with Crippen LogP contribution in [0.1, 0.15) is 45.4 Å². The smallest absolute Gasteiger partial charge is 0.231 e. The number of amides is 4. The van der Waals surface area contributed by atoms with Crippen LogP contribution < -0.4 is 0 Å². The fourth-order valence-corrected chi connectivity index (χ4v) is 2.48. The standard InChI is InChI=1S/C12H16N2O4/c1-2-3-8(13-9(15)4-5-10(13)16)14-11(17)6-7-12(14)18/h8H,2-7H2,1H3. The first-order valence-corrected chi connectivity index (χ1v) is 6.26. The van der Waals surface area contributed by atoms with Gasteiger partial charge in [-0.15, -0.1) is 0 Å². The van der Waals surface area contributed by atoms with E-state index in [-0.39, 0.29) is 49.3 Å². The fraction of sp³-hybridized carbons (Fsp3) is 0.667. The van der Waals surface area contributed by atoms with Crippen LogP contribution in [0.5, 0.6) is 0 Å². The summed E-state index contributed by atoms with van der Waals surface area (Å²) in [5.41, 5.74) is 0. The lowest BCUT2D eigenvalue weighted by Gasteiger charge is -2.32. The van der Waals surface area contributed by atoms with E-state index in [9.17, 15) is 19.2 Å². The van der Waals surface area contributed by atoms with E-state index in [1.54, 1.807) is 0 Å². The van der Waals surface area contributed by atoms with Crippen LogP contribution in [0, 0.1) is 0 Å². The Labute approximate surface area is 105 Å². The van der Waals surface area contributed by atoms with Gasteiger partial charge in [0.15, 0.2) is 0 Å². The van der Waals surface area contributed by atoms with Crippen LogP contribution in [0.4, 0.5) is 0 Å². The van der Waals surface area contributed by atoms with E-state index in [1.807, 2.05) is 6.92 Å². The van der Waals surface area contributed by atoms with Crippen molar-refractivity contribution in [3.05, 3.63) is 0 Å². The topological polar surface area (TPSA) is 74.8 Å². The van der Waals surface area contributed by atoms with Gasteiger partial charge in [0.25, 0.3) is 0 Å². The summed E-state index contributed by atoms with van der Waals surface area (Å²) in [6.45, 7) is 1.89. The van der Waals surface area contributed by atoms with Crippen molar-refractivity contribution in [1.82, 2.24) is 9.80 Å². The van der Waals surface area contributed by atoms with Gasteiger partial charge in [0.2, 0.25) is 23.6 Å². The maximum atomic E-state index is 11.7. The number of nitrogens with zero attached hydrogens (tertiary/aromatic N) is 2. The van der Waals surface area contributed by atoms with Gasteiger partial charge in [-0.1, -0.05) is 13.3 Å². The molecule has 0 atom stereocenters. The second-order valence-corrected chi connectivity index (χ2v) is 4.58. The molecule has 0 spiro atoms. The van der Waals surface area contributed by atoms with Gasteiger partial charge in [0, 0.05) is 25.7 Å². The first-order chi connectivity index (χ1) is 8.56. The van der Waals surface area contributed by atoms with E-state index in [4.69, 9.17) is 0 Å². The molecule has 0 saturated carbocycles. The molecule has 18 heavy (non-hydrogen) atoms. The molecule has 2 aliphatic heterocycles. The third-order valence-corrected chi connectivity index (χ3v) is 3.32. The van der Waals surface area contributed by atoms with E-state index in [0.717, 1.165) is 9.80 Å². The molecular formula is C12H16N2O4. The van der Waals surface area contributed by atoms with Crippen LogP contribution in [0.2, 0.25) is 0 Å². The largest absolute Gasteiger partial charge is 0.274 e. The van der Waals surface area contributed by atoms with Crippen molar-refractivity contribution < 1.29 is 19.2 Å². The Morgan fingerprint density at radius 2 is 1.17 bits per heavy atom.